The second kappa shape index (κ2) is 8.32. The number of amides is 1. The van der Waals surface area contributed by atoms with Gasteiger partial charge in [-0.25, -0.2) is 0 Å². The predicted octanol–water partition coefficient (Wildman–Crippen LogP) is 4.26. The topological polar surface area (TPSA) is 32.3 Å². The number of halogens is 1. The van der Waals surface area contributed by atoms with Crippen molar-refractivity contribution in [2.45, 2.75) is 32.4 Å². The lowest BCUT2D eigenvalue weighted by atomic mass is 10.1. The van der Waals surface area contributed by atoms with Gasteiger partial charge in [-0.3, -0.25) is 9.69 Å². The van der Waals surface area contributed by atoms with Crippen LogP contribution in [0.15, 0.2) is 48.5 Å². The summed E-state index contributed by atoms with van der Waals surface area (Å²) >= 11 is 5.88. The third kappa shape index (κ3) is 4.83. The number of nitrogens with zero attached hydrogens (tertiary/aromatic N) is 1. The summed E-state index contributed by atoms with van der Waals surface area (Å²) in [4.78, 5) is 14.8. The maximum atomic E-state index is 12.4. The molecule has 1 fully saturated rings. The van der Waals surface area contributed by atoms with Crippen LogP contribution in [0.5, 0.6) is 0 Å². The highest BCUT2D eigenvalue weighted by Gasteiger charge is 2.12. The summed E-state index contributed by atoms with van der Waals surface area (Å²) in [6, 6.07) is 15.5. The zero-order chi connectivity index (χ0) is 16.8. The third-order valence-electron chi connectivity index (χ3n) is 4.41. The van der Waals surface area contributed by atoms with Crippen LogP contribution in [0.3, 0.4) is 0 Å². The third-order valence-corrected chi connectivity index (χ3v) is 4.66. The van der Waals surface area contributed by atoms with Crippen LogP contribution in [0, 0.1) is 0 Å². The second-order valence-electron chi connectivity index (χ2n) is 6.35. The van der Waals surface area contributed by atoms with Gasteiger partial charge in [0.1, 0.15) is 0 Å². The van der Waals surface area contributed by atoms with E-state index in [1.165, 1.54) is 24.8 Å². The van der Waals surface area contributed by atoms with Gasteiger partial charge in [-0.05, 0) is 61.3 Å². The summed E-state index contributed by atoms with van der Waals surface area (Å²) in [7, 11) is 0. The minimum Gasteiger partial charge on any atom is -0.348 e. The summed E-state index contributed by atoms with van der Waals surface area (Å²) in [6.07, 6.45) is 3.90. The SMILES string of the molecule is O=C(NCc1ccc(Cl)cc1)c1cccc(CN2CCCCC2)c1. The average Bonchev–Trinajstić information content (AvgIpc) is 2.62. The lowest BCUT2D eigenvalue weighted by Crippen LogP contribution is -2.29. The number of rotatable bonds is 5. The summed E-state index contributed by atoms with van der Waals surface area (Å²) < 4.78 is 0. The van der Waals surface area contributed by atoms with E-state index < -0.39 is 0 Å². The molecule has 126 valence electrons. The number of benzene rings is 2. The molecule has 1 N–H and O–H groups in total. The van der Waals surface area contributed by atoms with Gasteiger partial charge in [0.15, 0.2) is 0 Å². The number of hydrogen-bond donors (Lipinski definition) is 1. The van der Waals surface area contributed by atoms with Gasteiger partial charge < -0.3 is 5.32 Å². The van der Waals surface area contributed by atoms with E-state index in [-0.39, 0.29) is 5.91 Å². The smallest absolute Gasteiger partial charge is 0.251 e. The van der Waals surface area contributed by atoms with Crippen molar-refractivity contribution in [3.05, 3.63) is 70.2 Å². The molecule has 1 aliphatic heterocycles. The van der Waals surface area contributed by atoms with E-state index in [2.05, 4.69) is 16.3 Å². The van der Waals surface area contributed by atoms with Gasteiger partial charge in [-0.1, -0.05) is 42.3 Å². The quantitative estimate of drug-likeness (QED) is 0.880. The van der Waals surface area contributed by atoms with Crippen molar-refractivity contribution in [2.75, 3.05) is 13.1 Å². The average molecular weight is 343 g/mol. The Hall–Kier alpha value is -1.84. The molecule has 0 radical (unpaired) electrons. The van der Waals surface area contributed by atoms with Crippen LogP contribution < -0.4 is 5.32 Å². The first-order valence-corrected chi connectivity index (χ1v) is 8.92. The van der Waals surface area contributed by atoms with Gasteiger partial charge in [-0.2, -0.15) is 0 Å². The van der Waals surface area contributed by atoms with E-state index in [9.17, 15) is 4.79 Å². The molecule has 24 heavy (non-hydrogen) atoms. The van der Waals surface area contributed by atoms with E-state index in [0.717, 1.165) is 30.8 Å². The van der Waals surface area contributed by atoms with Crippen LogP contribution >= 0.6 is 11.6 Å². The molecule has 1 aliphatic rings. The Bertz CT molecular complexity index is 678. The molecule has 2 aromatic rings. The normalized spacial score (nSPS) is 15.2. The first-order chi connectivity index (χ1) is 11.7. The number of hydrogen-bond acceptors (Lipinski definition) is 2. The minimum atomic E-state index is -0.0366. The molecular weight excluding hydrogens is 320 g/mol. The molecule has 0 spiro atoms. The maximum absolute atomic E-state index is 12.4. The molecule has 0 aromatic heterocycles. The number of carbonyl (C=O) groups is 1. The van der Waals surface area contributed by atoms with Crippen molar-refractivity contribution in [3.8, 4) is 0 Å². The fourth-order valence-electron chi connectivity index (χ4n) is 3.07. The molecule has 0 unspecified atom stereocenters. The highest BCUT2D eigenvalue weighted by atomic mass is 35.5. The zero-order valence-corrected chi connectivity index (χ0v) is 14.6. The molecule has 0 atom stereocenters. The molecule has 1 saturated heterocycles. The monoisotopic (exact) mass is 342 g/mol. The zero-order valence-electron chi connectivity index (χ0n) is 13.8. The van der Waals surface area contributed by atoms with Crippen molar-refractivity contribution < 1.29 is 4.79 Å². The Balaban J connectivity index is 1.58. The summed E-state index contributed by atoms with van der Waals surface area (Å²) in [5.41, 5.74) is 2.96. The Labute approximate surface area is 148 Å². The Kier molecular flexibility index (Phi) is 5.89. The van der Waals surface area contributed by atoms with E-state index in [1.54, 1.807) is 0 Å². The number of carbonyl (C=O) groups excluding carboxylic acids is 1. The second-order valence-corrected chi connectivity index (χ2v) is 6.78. The highest BCUT2D eigenvalue weighted by Crippen LogP contribution is 2.14. The van der Waals surface area contributed by atoms with Gasteiger partial charge in [-0.15, -0.1) is 0 Å². The van der Waals surface area contributed by atoms with Crippen molar-refractivity contribution in [2.24, 2.45) is 0 Å². The Morgan fingerprint density at radius 1 is 1.00 bits per heavy atom. The molecule has 1 amide bonds. The van der Waals surface area contributed by atoms with Crippen LogP contribution in [0.4, 0.5) is 0 Å². The van der Waals surface area contributed by atoms with Crippen molar-refractivity contribution in [3.63, 3.8) is 0 Å². The van der Waals surface area contributed by atoms with E-state index >= 15 is 0 Å². The van der Waals surface area contributed by atoms with Gasteiger partial charge in [0.2, 0.25) is 0 Å². The van der Waals surface area contributed by atoms with E-state index in [1.807, 2.05) is 42.5 Å². The summed E-state index contributed by atoms with van der Waals surface area (Å²) in [6.45, 7) is 3.75. The molecule has 0 saturated carbocycles. The lowest BCUT2D eigenvalue weighted by Gasteiger charge is -2.26. The molecule has 3 nitrogen and oxygen atoms in total. The molecule has 1 heterocycles. The Morgan fingerprint density at radius 2 is 1.75 bits per heavy atom. The fraction of sp³-hybridized carbons (Fsp3) is 0.350. The fourth-order valence-corrected chi connectivity index (χ4v) is 3.20. The van der Waals surface area contributed by atoms with Crippen molar-refractivity contribution in [1.29, 1.82) is 0 Å². The van der Waals surface area contributed by atoms with Gasteiger partial charge >= 0.3 is 0 Å². The summed E-state index contributed by atoms with van der Waals surface area (Å²) in [5, 5.41) is 3.67. The molecule has 2 aromatic carbocycles. The minimum absolute atomic E-state index is 0.0366. The number of nitrogens with one attached hydrogen (secondary N) is 1. The van der Waals surface area contributed by atoms with Crippen molar-refractivity contribution >= 4 is 17.5 Å². The van der Waals surface area contributed by atoms with Gasteiger partial charge in [0.25, 0.3) is 5.91 Å². The molecule has 3 rings (SSSR count). The summed E-state index contributed by atoms with van der Waals surface area (Å²) in [5.74, 6) is -0.0366. The molecule has 4 heteroatoms. The van der Waals surface area contributed by atoms with Crippen LogP contribution in [0.25, 0.3) is 0 Å². The number of likely N-dealkylation sites (tertiary alicyclic amines) is 1. The van der Waals surface area contributed by atoms with Gasteiger partial charge in [0, 0.05) is 23.7 Å². The largest absolute Gasteiger partial charge is 0.348 e. The van der Waals surface area contributed by atoms with Crippen LogP contribution in [0.1, 0.15) is 40.7 Å². The van der Waals surface area contributed by atoms with Crippen molar-refractivity contribution in [1.82, 2.24) is 10.2 Å². The van der Waals surface area contributed by atoms with Crippen LogP contribution in [-0.4, -0.2) is 23.9 Å². The molecule has 0 bridgehead atoms. The first-order valence-electron chi connectivity index (χ1n) is 8.55. The first kappa shape index (κ1) is 17.0. The Morgan fingerprint density at radius 3 is 2.50 bits per heavy atom. The van der Waals surface area contributed by atoms with Crippen LogP contribution in [-0.2, 0) is 13.1 Å². The van der Waals surface area contributed by atoms with E-state index in [4.69, 9.17) is 11.6 Å². The lowest BCUT2D eigenvalue weighted by molar-refractivity contribution is 0.0950. The van der Waals surface area contributed by atoms with Gasteiger partial charge in [0.05, 0.1) is 0 Å². The van der Waals surface area contributed by atoms with Crippen LogP contribution in [0.2, 0.25) is 5.02 Å². The maximum Gasteiger partial charge on any atom is 0.251 e. The predicted molar refractivity (Wildman–Crippen MR) is 98.2 cm³/mol. The molecule has 0 aliphatic carbocycles. The molecular formula is C20H23ClN2O. The van der Waals surface area contributed by atoms with E-state index in [0.29, 0.717) is 11.6 Å². The standard InChI is InChI=1S/C20H23ClN2O/c21-19-9-7-16(8-10-19)14-22-20(24)18-6-4-5-17(13-18)15-23-11-2-1-3-12-23/h4-10,13H,1-3,11-12,14-15H2,(H,22,24). The highest BCUT2D eigenvalue weighted by molar-refractivity contribution is 6.30. The number of piperidine rings is 1.